The molecule has 0 atom stereocenters. The number of aryl methyl sites for hydroxylation is 1. The van der Waals surface area contributed by atoms with Gasteiger partial charge < -0.3 is 19.2 Å². The van der Waals surface area contributed by atoms with Crippen molar-refractivity contribution < 1.29 is 13.9 Å². The van der Waals surface area contributed by atoms with Crippen molar-refractivity contribution in [3.8, 4) is 0 Å². The molecule has 0 amide bonds. The van der Waals surface area contributed by atoms with E-state index < -0.39 is 0 Å². The highest BCUT2D eigenvalue weighted by molar-refractivity contribution is 5.19. The Morgan fingerprint density at radius 3 is 2.81 bits per heavy atom. The monoisotopic (exact) mass is 295 g/mol. The maximum atomic E-state index is 5.87. The SMILES string of the molecule is Cc1cc(COCC2CCOCC2)oc1CNCC(C)C. The van der Waals surface area contributed by atoms with Gasteiger partial charge in [0.1, 0.15) is 18.1 Å². The second kappa shape index (κ2) is 8.57. The van der Waals surface area contributed by atoms with E-state index >= 15 is 0 Å². The van der Waals surface area contributed by atoms with Gasteiger partial charge in [0.15, 0.2) is 0 Å². The van der Waals surface area contributed by atoms with Gasteiger partial charge in [-0.1, -0.05) is 13.8 Å². The summed E-state index contributed by atoms with van der Waals surface area (Å²) in [7, 11) is 0. The Balaban J connectivity index is 1.70. The van der Waals surface area contributed by atoms with Crippen LogP contribution in [0.5, 0.6) is 0 Å². The van der Waals surface area contributed by atoms with E-state index in [1.165, 1.54) is 5.56 Å². The van der Waals surface area contributed by atoms with E-state index in [0.717, 1.165) is 57.3 Å². The largest absolute Gasteiger partial charge is 0.462 e. The minimum absolute atomic E-state index is 0.572. The predicted molar refractivity (Wildman–Crippen MR) is 83.2 cm³/mol. The smallest absolute Gasteiger partial charge is 0.130 e. The van der Waals surface area contributed by atoms with Crippen LogP contribution in [-0.4, -0.2) is 26.4 Å². The van der Waals surface area contributed by atoms with Crippen molar-refractivity contribution in [3.05, 3.63) is 23.2 Å². The topological polar surface area (TPSA) is 43.6 Å². The first kappa shape index (κ1) is 16.5. The number of hydrogen-bond acceptors (Lipinski definition) is 4. The van der Waals surface area contributed by atoms with Crippen LogP contribution in [0.1, 0.15) is 43.8 Å². The molecule has 1 fully saturated rings. The molecule has 2 heterocycles. The molecular formula is C17H29NO3. The molecule has 4 nitrogen and oxygen atoms in total. The van der Waals surface area contributed by atoms with Crippen molar-refractivity contribution in [1.82, 2.24) is 5.32 Å². The summed E-state index contributed by atoms with van der Waals surface area (Å²) in [4.78, 5) is 0. The fraction of sp³-hybridized carbons (Fsp3) is 0.765. The highest BCUT2D eigenvalue weighted by Crippen LogP contribution is 2.18. The zero-order chi connectivity index (χ0) is 15.1. The van der Waals surface area contributed by atoms with Crippen LogP contribution in [0.3, 0.4) is 0 Å². The molecule has 21 heavy (non-hydrogen) atoms. The van der Waals surface area contributed by atoms with Crippen LogP contribution in [0.4, 0.5) is 0 Å². The Bertz CT molecular complexity index is 408. The summed E-state index contributed by atoms with van der Waals surface area (Å²) in [5.74, 6) is 3.26. The molecule has 2 rings (SSSR count). The summed E-state index contributed by atoms with van der Waals surface area (Å²) in [5.41, 5.74) is 1.20. The number of rotatable bonds is 8. The van der Waals surface area contributed by atoms with E-state index in [0.29, 0.717) is 18.4 Å². The van der Waals surface area contributed by atoms with Gasteiger partial charge in [0, 0.05) is 13.2 Å². The van der Waals surface area contributed by atoms with Crippen LogP contribution in [0.2, 0.25) is 0 Å². The summed E-state index contributed by atoms with van der Waals surface area (Å²) in [6.45, 7) is 11.4. The number of furan rings is 1. The van der Waals surface area contributed by atoms with E-state index in [9.17, 15) is 0 Å². The average molecular weight is 295 g/mol. The highest BCUT2D eigenvalue weighted by atomic mass is 16.5. The molecule has 1 saturated heterocycles. The Kier molecular flexibility index (Phi) is 6.74. The fourth-order valence-corrected chi connectivity index (χ4v) is 2.55. The molecule has 1 aliphatic heterocycles. The third-order valence-electron chi connectivity index (χ3n) is 3.85. The van der Waals surface area contributed by atoms with Crippen molar-refractivity contribution in [2.24, 2.45) is 11.8 Å². The molecule has 4 heteroatoms. The average Bonchev–Trinajstić information content (AvgIpc) is 2.80. The standard InChI is InChI=1S/C17H29NO3/c1-13(2)9-18-10-17-14(3)8-16(21-17)12-20-11-15-4-6-19-7-5-15/h8,13,15,18H,4-7,9-12H2,1-3H3. The summed E-state index contributed by atoms with van der Waals surface area (Å²) in [6.07, 6.45) is 2.23. The van der Waals surface area contributed by atoms with Crippen molar-refractivity contribution in [2.75, 3.05) is 26.4 Å². The maximum Gasteiger partial charge on any atom is 0.130 e. The van der Waals surface area contributed by atoms with Crippen molar-refractivity contribution >= 4 is 0 Å². The first-order valence-electron chi connectivity index (χ1n) is 8.09. The molecule has 0 bridgehead atoms. The third-order valence-corrected chi connectivity index (χ3v) is 3.85. The van der Waals surface area contributed by atoms with Gasteiger partial charge >= 0.3 is 0 Å². The molecule has 1 aromatic rings. The molecular weight excluding hydrogens is 266 g/mol. The molecule has 0 aromatic carbocycles. The van der Waals surface area contributed by atoms with Crippen molar-refractivity contribution in [1.29, 1.82) is 0 Å². The van der Waals surface area contributed by atoms with Gasteiger partial charge in [-0.15, -0.1) is 0 Å². The molecule has 1 aliphatic rings. The maximum absolute atomic E-state index is 5.87. The van der Waals surface area contributed by atoms with Gasteiger partial charge in [0.2, 0.25) is 0 Å². The van der Waals surface area contributed by atoms with Gasteiger partial charge in [0.25, 0.3) is 0 Å². The zero-order valence-corrected chi connectivity index (χ0v) is 13.6. The van der Waals surface area contributed by atoms with Crippen LogP contribution in [0.25, 0.3) is 0 Å². The molecule has 0 radical (unpaired) electrons. The molecule has 0 unspecified atom stereocenters. The summed E-state index contributed by atoms with van der Waals surface area (Å²) in [5, 5.41) is 3.41. The molecule has 0 saturated carbocycles. The number of ether oxygens (including phenoxy) is 2. The molecule has 0 spiro atoms. The summed E-state index contributed by atoms with van der Waals surface area (Å²) in [6, 6.07) is 2.09. The van der Waals surface area contributed by atoms with Gasteiger partial charge in [-0.25, -0.2) is 0 Å². The minimum atomic E-state index is 0.572. The Labute approximate surface area is 128 Å². The van der Waals surface area contributed by atoms with Crippen LogP contribution in [0.15, 0.2) is 10.5 Å². The molecule has 1 N–H and O–H groups in total. The summed E-state index contributed by atoms with van der Waals surface area (Å²) >= 11 is 0. The summed E-state index contributed by atoms with van der Waals surface area (Å²) < 4.78 is 17.0. The normalized spacial score (nSPS) is 16.8. The van der Waals surface area contributed by atoms with Crippen LogP contribution in [-0.2, 0) is 22.6 Å². The second-order valence-electron chi connectivity index (χ2n) is 6.41. The predicted octanol–water partition coefficient (Wildman–Crippen LogP) is 3.28. The molecule has 120 valence electrons. The van der Waals surface area contributed by atoms with E-state index in [4.69, 9.17) is 13.9 Å². The lowest BCUT2D eigenvalue weighted by atomic mass is 10.0. The Morgan fingerprint density at radius 1 is 1.33 bits per heavy atom. The minimum Gasteiger partial charge on any atom is -0.462 e. The van der Waals surface area contributed by atoms with E-state index in [-0.39, 0.29) is 0 Å². The lowest BCUT2D eigenvalue weighted by molar-refractivity contribution is 0.0117. The molecule has 0 aliphatic carbocycles. The fourth-order valence-electron chi connectivity index (χ4n) is 2.55. The first-order valence-corrected chi connectivity index (χ1v) is 8.09. The van der Waals surface area contributed by atoms with Crippen molar-refractivity contribution in [2.45, 2.75) is 46.8 Å². The van der Waals surface area contributed by atoms with Gasteiger partial charge in [-0.2, -0.15) is 0 Å². The van der Waals surface area contributed by atoms with Gasteiger partial charge in [0.05, 0.1) is 13.2 Å². The van der Waals surface area contributed by atoms with Crippen LogP contribution >= 0.6 is 0 Å². The highest BCUT2D eigenvalue weighted by Gasteiger charge is 2.14. The first-order chi connectivity index (χ1) is 10.1. The van der Waals surface area contributed by atoms with E-state index in [1.54, 1.807) is 0 Å². The Hall–Kier alpha value is -0.840. The lowest BCUT2D eigenvalue weighted by Crippen LogP contribution is -2.20. The zero-order valence-electron chi connectivity index (χ0n) is 13.6. The number of hydrogen-bond donors (Lipinski definition) is 1. The molecule has 1 aromatic heterocycles. The van der Waals surface area contributed by atoms with Crippen molar-refractivity contribution in [3.63, 3.8) is 0 Å². The van der Waals surface area contributed by atoms with Gasteiger partial charge in [-0.3, -0.25) is 0 Å². The van der Waals surface area contributed by atoms with Crippen LogP contribution in [0, 0.1) is 18.8 Å². The second-order valence-corrected chi connectivity index (χ2v) is 6.41. The lowest BCUT2D eigenvalue weighted by Gasteiger charge is -2.21. The third kappa shape index (κ3) is 5.81. The van der Waals surface area contributed by atoms with Gasteiger partial charge in [-0.05, 0) is 49.8 Å². The quantitative estimate of drug-likeness (QED) is 0.799. The van der Waals surface area contributed by atoms with E-state index in [2.05, 4.69) is 32.2 Å². The Morgan fingerprint density at radius 2 is 2.10 bits per heavy atom. The number of nitrogens with one attached hydrogen (secondary N) is 1. The van der Waals surface area contributed by atoms with Crippen LogP contribution < -0.4 is 5.32 Å². The van der Waals surface area contributed by atoms with E-state index in [1.807, 2.05) is 0 Å².